The number of carbonyl (C=O) groups excluding carboxylic acids is 1. The van der Waals surface area contributed by atoms with Gasteiger partial charge in [0.05, 0.1) is 0 Å². The molecule has 1 amide bonds. The number of rotatable bonds is 7. The van der Waals surface area contributed by atoms with Crippen molar-refractivity contribution in [3.8, 4) is 5.75 Å². The molecule has 1 aromatic rings. The minimum Gasteiger partial charge on any atom is -0.482 e. The Morgan fingerprint density at radius 3 is 2.86 bits per heavy atom. The van der Waals surface area contributed by atoms with Crippen molar-refractivity contribution >= 4 is 11.9 Å². The maximum atomic E-state index is 12.0. The Bertz CT molecular complexity index is 553. The monoisotopic (exact) mass is 289 g/mol. The maximum absolute atomic E-state index is 12.0. The average molecular weight is 289 g/mol. The summed E-state index contributed by atoms with van der Waals surface area (Å²) in [6.07, 6.45) is 3.62. The second kappa shape index (κ2) is 5.76. The summed E-state index contributed by atoms with van der Waals surface area (Å²) in [4.78, 5) is 22.5. The molecule has 0 saturated heterocycles. The van der Waals surface area contributed by atoms with Crippen LogP contribution >= 0.6 is 0 Å². The minimum atomic E-state index is -1.01. The Morgan fingerprint density at radius 1 is 1.33 bits per heavy atom. The van der Waals surface area contributed by atoms with Crippen LogP contribution in [0.1, 0.15) is 24.8 Å². The van der Waals surface area contributed by atoms with Crippen molar-refractivity contribution in [1.29, 1.82) is 0 Å². The molecule has 0 aliphatic heterocycles. The van der Waals surface area contributed by atoms with Crippen LogP contribution in [0.5, 0.6) is 5.75 Å². The van der Waals surface area contributed by atoms with Crippen molar-refractivity contribution in [2.75, 3.05) is 6.61 Å². The lowest BCUT2D eigenvalue weighted by Crippen LogP contribution is -2.25. The van der Waals surface area contributed by atoms with Crippen LogP contribution in [0.25, 0.3) is 0 Å². The normalized spacial score (nSPS) is 23.4. The first kappa shape index (κ1) is 13.9. The van der Waals surface area contributed by atoms with Gasteiger partial charge < -0.3 is 15.2 Å². The van der Waals surface area contributed by atoms with E-state index in [4.69, 9.17) is 9.84 Å². The van der Waals surface area contributed by atoms with E-state index < -0.39 is 5.97 Å². The highest BCUT2D eigenvalue weighted by molar-refractivity contribution is 5.81. The van der Waals surface area contributed by atoms with E-state index in [1.807, 2.05) is 6.07 Å². The summed E-state index contributed by atoms with van der Waals surface area (Å²) >= 11 is 0. The van der Waals surface area contributed by atoms with Crippen LogP contribution in [-0.4, -0.2) is 23.6 Å². The molecule has 112 valence electrons. The van der Waals surface area contributed by atoms with E-state index >= 15 is 0 Å². The number of carbonyl (C=O) groups is 2. The van der Waals surface area contributed by atoms with Gasteiger partial charge in [-0.05, 0) is 48.8 Å². The van der Waals surface area contributed by atoms with Crippen LogP contribution in [0.3, 0.4) is 0 Å². The number of aliphatic carboxylic acids is 1. The molecule has 0 radical (unpaired) electrons. The molecule has 2 fully saturated rings. The summed E-state index contributed by atoms with van der Waals surface area (Å²) in [6.45, 7) is 0.0952. The molecule has 5 heteroatoms. The number of hydrogen-bond acceptors (Lipinski definition) is 3. The first-order valence-electron chi connectivity index (χ1n) is 7.35. The average Bonchev–Trinajstić information content (AvgIpc) is 3.34. The number of benzene rings is 1. The lowest BCUT2D eigenvalue weighted by Gasteiger charge is -2.08. The fourth-order valence-corrected chi connectivity index (χ4v) is 2.77. The van der Waals surface area contributed by atoms with Gasteiger partial charge in [0.1, 0.15) is 5.75 Å². The largest absolute Gasteiger partial charge is 0.482 e. The number of amides is 1. The Hall–Kier alpha value is -2.04. The van der Waals surface area contributed by atoms with E-state index in [2.05, 4.69) is 5.32 Å². The van der Waals surface area contributed by atoms with Crippen LogP contribution in [0.2, 0.25) is 0 Å². The third-order valence-electron chi connectivity index (χ3n) is 4.13. The summed E-state index contributed by atoms with van der Waals surface area (Å²) in [5, 5.41) is 11.5. The van der Waals surface area contributed by atoms with Crippen LogP contribution in [0.15, 0.2) is 24.3 Å². The van der Waals surface area contributed by atoms with Gasteiger partial charge in [0.2, 0.25) is 5.91 Å². The van der Waals surface area contributed by atoms with E-state index in [0.29, 0.717) is 18.2 Å². The number of carboxylic acid groups (broad SMARTS) is 1. The lowest BCUT2D eigenvalue weighted by atomic mass is 10.2. The van der Waals surface area contributed by atoms with Gasteiger partial charge in [0.25, 0.3) is 0 Å². The van der Waals surface area contributed by atoms with Gasteiger partial charge >= 0.3 is 5.97 Å². The molecule has 2 aliphatic rings. The zero-order valence-corrected chi connectivity index (χ0v) is 11.7. The molecule has 2 atom stereocenters. The summed E-state index contributed by atoms with van der Waals surface area (Å²) in [6, 6.07) is 7.15. The minimum absolute atomic E-state index is 0.142. The Labute approximate surface area is 123 Å². The van der Waals surface area contributed by atoms with Crippen molar-refractivity contribution in [3.05, 3.63) is 29.8 Å². The van der Waals surface area contributed by atoms with Gasteiger partial charge in [-0.15, -0.1) is 0 Å². The van der Waals surface area contributed by atoms with E-state index in [-0.39, 0.29) is 18.4 Å². The molecular formula is C16H19NO4. The predicted molar refractivity (Wildman–Crippen MR) is 75.7 cm³/mol. The van der Waals surface area contributed by atoms with E-state index in [0.717, 1.165) is 17.9 Å². The highest BCUT2D eigenvalue weighted by atomic mass is 16.5. The smallest absolute Gasteiger partial charge is 0.341 e. The third kappa shape index (κ3) is 3.74. The van der Waals surface area contributed by atoms with E-state index in [9.17, 15) is 9.59 Å². The maximum Gasteiger partial charge on any atom is 0.341 e. The van der Waals surface area contributed by atoms with Gasteiger partial charge in [-0.3, -0.25) is 4.79 Å². The summed E-state index contributed by atoms with van der Waals surface area (Å²) in [5.74, 6) is 1.27. The Kier molecular flexibility index (Phi) is 3.82. The zero-order chi connectivity index (χ0) is 14.8. The van der Waals surface area contributed by atoms with Crippen molar-refractivity contribution in [1.82, 2.24) is 5.32 Å². The molecule has 3 rings (SSSR count). The fourth-order valence-electron chi connectivity index (χ4n) is 2.77. The molecule has 0 spiro atoms. The van der Waals surface area contributed by atoms with Gasteiger partial charge in [0, 0.05) is 12.5 Å². The second-order valence-electron chi connectivity index (χ2n) is 5.89. The lowest BCUT2D eigenvalue weighted by molar-refractivity contribution is -0.139. The van der Waals surface area contributed by atoms with Crippen LogP contribution in [0.4, 0.5) is 0 Å². The van der Waals surface area contributed by atoms with Crippen molar-refractivity contribution in [2.45, 2.75) is 25.8 Å². The molecule has 2 aliphatic carbocycles. The third-order valence-corrected chi connectivity index (χ3v) is 4.13. The van der Waals surface area contributed by atoms with Crippen molar-refractivity contribution in [2.24, 2.45) is 17.8 Å². The Morgan fingerprint density at radius 2 is 2.14 bits per heavy atom. The highest BCUT2D eigenvalue weighted by Crippen LogP contribution is 2.54. The first-order valence-corrected chi connectivity index (χ1v) is 7.35. The van der Waals surface area contributed by atoms with E-state index in [1.54, 1.807) is 18.2 Å². The molecule has 21 heavy (non-hydrogen) atoms. The van der Waals surface area contributed by atoms with Crippen LogP contribution < -0.4 is 10.1 Å². The molecule has 0 bridgehead atoms. The molecule has 2 N–H and O–H groups in total. The molecular weight excluding hydrogens is 270 g/mol. The van der Waals surface area contributed by atoms with Gasteiger partial charge in [-0.2, -0.15) is 0 Å². The number of nitrogens with one attached hydrogen (secondary N) is 1. The molecule has 0 unspecified atom stereocenters. The number of carboxylic acids is 1. The predicted octanol–water partition coefficient (Wildman–Crippen LogP) is 1.81. The SMILES string of the molecule is O=C(O)COc1cccc(CNC(=O)[C@@H]2C[C@@H]2C2CC2)c1. The topological polar surface area (TPSA) is 75.6 Å². The van der Waals surface area contributed by atoms with Crippen molar-refractivity contribution < 1.29 is 19.4 Å². The molecule has 5 nitrogen and oxygen atoms in total. The number of ether oxygens (including phenoxy) is 1. The molecule has 0 heterocycles. The molecule has 0 aromatic heterocycles. The van der Waals surface area contributed by atoms with Gasteiger partial charge in [-0.1, -0.05) is 12.1 Å². The van der Waals surface area contributed by atoms with E-state index in [1.165, 1.54) is 12.8 Å². The van der Waals surface area contributed by atoms with Crippen LogP contribution in [0, 0.1) is 17.8 Å². The quantitative estimate of drug-likeness (QED) is 0.802. The fraction of sp³-hybridized carbons (Fsp3) is 0.500. The molecule has 1 aromatic carbocycles. The Balaban J connectivity index is 1.47. The highest BCUT2D eigenvalue weighted by Gasteiger charge is 2.50. The van der Waals surface area contributed by atoms with Gasteiger partial charge in [0.15, 0.2) is 6.61 Å². The first-order chi connectivity index (χ1) is 10.1. The van der Waals surface area contributed by atoms with Crippen molar-refractivity contribution in [3.63, 3.8) is 0 Å². The summed E-state index contributed by atoms with van der Waals surface area (Å²) < 4.78 is 5.12. The second-order valence-corrected chi connectivity index (χ2v) is 5.89. The van der Waals surface area contributed by atoms with Crippen LogP contribution in [-0.2, 0) is 16.1 Å². The zero-order valence-electron chi connectivity index (χ0n) is 11.7. The summed E-state index contributed by atoms with van der Waals surface area (Å²) in [7, 11) is 0. The number of hydrogen-bond donors (Lipinski definition) is 2. The molecule has 2 saturated carbocycles. The summed E-state index contributed by atoms with van der Waals surface area (Å²) in [5.41, 5.74) is 0.912. The standard InChI is InChI=1S/C16H19NO4/c18-15(19)9-21-12-3-1-2-10(6-12)8-17-16(20)14-7-13(14)11-4-5-11/h1-3,6,11,13-14H,4-5,7-9H2,(H,17,20)(H,18,19)/t13-,14-/m1/s1. The van der Waals surface area contributed by atoms with Gasteiger partial charge in [-0.25, -0.2) is 4.79 Å².